The van der Waals surface area contributed by atoms with Gasteiger partial charge in [-0.2, -0.15) is 0 Å². The summed E-state index contributed by atoms with van der Waals surface area (Å²) in [4.78, 5) is 62.9. The molecule has 94 heavy (non-hydrogen) atoms. The first-order valence-corrected chi connectivity index (χ1v) is 34.0. The van der Waals surface area contributed by atoms with E-state index in [2.05, 4.69) is 10.6 Å². The highest BCUT2D eigenvalue weighted by molar-refractivity contribution is 8.76. The van der Waals surface area contributed by atoms with Gasteiger partial charge in [-0.05, 0) is 110 Å². The van der Waals surface area contributed by atoms with Gasteiger partial charge in [-0.3, -0.25) is 19.4 Å². The molecular formula is C76H82N4O12S2. The van der Waals surface area contributed by atoms with Gasteiger partial charge in [0.15, 0.2) is 0 Å². The monoisotopic (exact) mass is 1310 g/mol. The fourth-order valence-corrected chi connectivity index (χ4v) is 15.6. The quantitative estimate of drug-likeness (QED) is 0.0571. The van der Waals surface area contributed by atoms with Crippen molar-refractivity contribution in [2.45, 2.75) is 130 Å². The van der Waals surface area contributed by atoms with Crippen molar-refractivity contribution in [3.63, 3.8) is 0 Å². The lowest BCUT2D eigenvalue weighted by atomic mass is 9.91. The minimum Gasteiger partial charge on any atom is -0.507 e. The van der Waals surface area contributed by atoms with E-state index in [1.54, 1.807) is 0 Å². The minimum absolute atomic E-state index is 0.0359. The molecule has 18 heteroatoms. The number of amides is 2. The smallest absolute Gasteiger partial charge is 0.329 e. The number of carbonyl (C=O) groups excluding carboxylic acids is 4. The van der Waals surface area contributed by atoms with Crippen LogP contribution in [0.25, 0.3) is 0 Å². The SMILES string of the molecule is COC(=O)[C@@H]1CSSC[C@@H](C(=O)OC)NC(=O)[C@H](Cc2ccccc2)N2Cc3cc(C)cc(c3O)Cc3cc(C)cc(c3O)Cc3cc(C)cc(c3O)CN(Cc3cc(C)cc(c3O)Cc3cc(C)cc(c3O)Cc3cc(C)cc(c3O)C2)[C@@H](Cc2ccccc2)C(=O)N1. The highest BCUT2D eigenvalue weighted by atomic mass is 33.1. The normalized spacial score (nSPS) is 19.2. The summed E-state index contributed by atoms with van der Waals surface area (Å²) in [6.45, 7) is 11.2. The Labute approximate surface area is 557 Å². The lowest BCUT2D eigenvalue weighted by Gasteiger charge is -2.33. The Kier molecular flexibility index (Phi) is 21.7. The van der Waals surface area contributed by atoms with Crippen LogP contribution < -0.4 is 10.6 Å². The van der Waals surface area contributed by atoms with Crippen LogP contribution in [-0.2, 0) is 93.4 Å². The van der Waals surface area contributed by atoms with Gasteiger partial charge in [0.25, 0.3) is 0 Å². The number of aryl methyl sites for hydroxylation is 6. The second-order valence-electron chi connectivity index (χ2n) is 25.3. The molecule has 4 atom stereocenters. The number of esters is 2. The van der Waals surface area contributed by atoms with E-state index in [4.69, 9.17) is 9.47 Å². The van der Waals surface area contributed by atoms with Crippen LogP contribution in [0.15, 0.2) is 133 Å². The third-order valence-electron chi connectivity index (χ3n) is 17.7. The first-order chi connectivity index (χ1) is 45.0. The Morgan fingerprint density at radius 2 is 0.617 bits per heavy atom. The molecule has 0 unspecified atom stereocenters. The van der Waals surface area contributed by atoms with Crippen LogP contribution in [0.5, 0.6) is 34.5 Å². The number of nitrogens with zero attached hydrogens (tertiary/aromatic N) is 2. The predicted octanol–water partition coefficient (Wildman–Crippen LogP) is 11.4. The Bertz CT molecular complexity index is 3710. The van der Waals surface area contributed by atoms with E-state index in [9.17, 15) is 40.2 Å². The fraction of sp³-hybridized carbons (Fsp3) is 0.316. The van der Waals surface area contributed by atoms with Gasteiger partial charge in [-0.15, -0.1) is 0 Å². The molecule has 0 aliphatic carbocycles. The number of rotatable bonds is 6. The first-order valence-electron chi connectivity index (χ1n) is 31.5. The average molecular weight is 1310 g/mol. The van der Waals surface area contributed by atoms with Gasteiger partial charge in [0.05, 0.1) is 26.3 Å². The van der Waals surface area contributed by atoms with Crippen molar-refractivity contribution >= 4 is 45.3 Å². The number of benzene rings is 8. The van der Waals surface area contributed by atoms with Gasteiger partial charge in [-0.25, -0.2) is 9.59 Å². The number of phenolic OH excluding ortho intramolecular Hbond substituents is 6. The van der Waals surface area contributed by atoms with Crippen LogP contribution in [0.2, 0.25) is 0 Å². The summed E-state index contributed by atoms with van der Waals surface area (Å²) in [5.74, 6) is -3.11. The molecule has 8 aromatic carbocycles. The molecule has 0 radical (unpaired) electrons. The number of phenols is 6. The number of nitrogens with one attached hydrogen (secondary N) is 2. The summed E-state index contributed by atoms with van der Waals surface area (Å²) in [6, 6.07) is 36.3. The molecule has 2 amide bonds. The van der Waals surface area contributed by atoms with Crippen molar-refractivity contribution in [2.75, 3.05) is 25.7 Å². The molecule has 2 heterocycles. The lowest BCUT2D eigenvalue weighted by molar-refractivity contribution is -0.145. The zero-order valence-electron chi connectivity index (χ0n) is 54.3. The average Bonchev–Trinajstić information content (AvgIpc) is 0.810. The van der Waals surface area contributed by atoms with Crippen molar-refractivity contribution in [3.8, 4) is 34.5 Å². The number of ether oxygens (including phenoxy) is 2. The van der Waals surface area contributed by atoms with Crippen molar-refractivity contribution < 1.29 is 59.3 Å². The number of fused-ring (bicyclic) bond motifs is 25. The van der Waals surface area contributed by atoms with Crippen LogP contribution in [-0.4, -0.2) is 114 Å². The zero-order chi connectivity index (χ0) is 67.1. The van der Waals surface area contributed by atoms with Gasteiger partial charge in [0, 0.05) is 85.6 Å². The molecule has 490 valence electrons. The highest BCUT2D eigenvalue weighted by Gasteiger charge is 2.36. The Balaban J connectivity index is 1.24. The van der Waals surface area contributed by atoms with Crippen LogP contribution in [0.1, 0.15) is 111 Å². The number of aromatic hydroxyl groups is 6. The second-order valence-corrected chi connectivity index (χ2v) is 27.8. The van der Waals surface area contributed by atoms with Gasteiger partial charge >= 0.3 is 11.9 Å². The summed E-state index contributed by atoms with van der Waals surface area (Å²) >= 11 is 0. The van der Waals surface area contributed by atoms with E-state index >= 15 is 9.59 Å². The molecule has 14 bridgehead atoms. The standard InChI is InChI=1S/C76H82N4O12S2/c1-43-19-51-33-55-23-45(3)27-59(69(55)83)37-79-39-61-29-47(5)25-57(71(61)85)35-53-21-44(2)22-54(68(53)82)36-58-26-48(6)30-62(72(58)86)40-80(38-60-28-46(4)24-56(70(60)84)34-52(20-43)67(51)81)66(32-50-17-13-10-14-18-50)74(88)78-64(76(90)92-8)42-94-93-41-63(75(89)91-7)77-73(87)65(79)31-49-15-11-9-12-16-49/h9-30,63-66,81-86H,31-42H2,1-8H3,(H,77,87)(H,78,88)/t63-,64-,65-,66-/m0/s1. The van der Waals surface area contributed by atoms with Crippen molar-refractivity contribution in [2.24, 2.45) is 0 Å². The number of hydrogen-bond acceptors (Lipinski definition) is 16. The van der Waals surface area contributed by atoms with Gasteiger partial charge < -0.3 is 50.7 Å². The van der Waals surface area contributed by atoms with E-state index in [0.717, 1.165) is 44.5 Å². The maximum absolute atomic E-state index is 15.6. The van der Waals surface area contributed by atoms with E-state index in [1.807, 2.05) is 185 Å². The summed E-state index contributed by atoms with van der Waals surface area (Å²) in [6.07, 6.45) is 0.514. The molecule has 10 rings (SSSR count). The van der Waals surface area contributed by atoms with Crippen molar-refractivity contribution in [1.29, 1.82) is 0 Å². The maximum atomic E-state index is 15.6. The van der Waals surface area contributed by atoms with Gasteiger partial charge in [-0.1, -0.05) is 188 Å². The third-order valence-corrected chi connectivity index (χ3v) is 20.1. The van der Waals surface area contributed by atoms with Crippen LogP contribution >= 0.6 is 21.6 Å². The van der Waals surface area contributed by atoms with Crippen LogP contribution in [0, 0.1) is 41.5 Å². The van der Waals surface area contributed by atoms with Crippen LogP contribution in [0.4, 0.5) is 0 Å². The summed E-state index contributed by atoms with van der Waals surface area (Å²) in [5, 5.41) is 81.7. The fourth-order valence-electron chi connectivity index (χ4n) is 13.3. The van der Waals surface area contributed by atoms with E-state index in [1.165, 1.54) is 35.8 Å². The molecule has 0 saturated carbocycles. The molecule has 0 saturated heterocycles. The van der Waals surface area contributed by atoms with E-state index < -0.39 is 47.9 Å². The lowest BCUT2D eigenvalue weighted by Crippen LogP contribution is -2.53. The minimum atomic E-state index is -1.25. The summed E-state index contributed by atoms with van der Waals surface area (Å²) in [7, 11) is 4.80. The predicted molar refractivity (Wildman–Crippen MR) is 367 cm³/mol. The molecule has 0 spiro atoms. The third kappa shape index (κ3) is 16.2. The first kappa shape index (κ1) is 67.9. The molecular weight excluding hydrogens is 1220 g/mol. The Morgan fingerprint density at radius 3 is 0.851 bits per heavy atom. The molecule has 8 N–H and O–H groups in total. The molecule has 16 nitrogen and oxygen atoms in total. The number of methoxy groups -OCH3 is 2. The number of hydrogen-bond donors (Lipinski definition) is 8. The van der Waals surface area contributed by atoms with Crippen molar-refractivity contribution in [3.05, 3.63) is 245 Å². The molecule has 8 aromatic rings. The molecule has 0 aromatic heterocycles. The number of carbonyl (C=O) groups is 4. The Morgan fingerprint density at radius 1 is 0.394 bits per heavy atom. The second kappa shape index (κ2) is 30.0. The largest absolute Gasteiger partial charge is 0.507 e. The maximum Gasteiger partial charge on any atom is 0.329 e. The highest BCUT2D eigenvalue weighted by Crippen LogP contribution is 2.40. The zero-order valence-corrected chi connectivity index (χ0v) is 56.0. The van der Waals surface area contributed by atoms with Crippen LogP contribution in [0.3, 0.4) is 0 Å². The van der Waals surface area contributed by atoms with E-state index in [-0.39, 0.29) is 111 Å². The molecule has 2 aliphatic rings. The summed E-state index contributed by atoms with van der Waals surface area (Å²) < 4.78 is 10.7. The van der Waals surface area contributed by atoms with Gasteiger partial charge in [0.2, 0.25) is 11.8 Å². The van der Waals surface area contributed by atoms with E-state index in [0.29, 0.717) is 66.8 Å². The molecule has 2 aliphatic heterocycles. The molecule has 0 fully saturated rings. The van der Waals surface area contributed by atoms with Gasteiger partial charge in [0.1, 0.15) is 46.6 Å². The topological polar surface area (TPSA) is 239 Å². The summed E-state index contributed by atoms with van der Waals surface area (Å²) in [5.41, 5.74) is 12.1. The Hall–Kier alpha value is -8.94. The van der Waals surface area contributed by atoms with Crippen molar-refractivity contribution in [1.82, 2.24) is 20.4 Å².